The number of para-hydroxylation sites is 1. The van der Waals surface area contributed by atoms with E-state index in [0.717, 1.165) is 36.6 Å². The Hall–Kier alpha value is -2.93. The minimum absolute atomic E-state index is 0.209. The molecule has 4 rings (SSSR count). The molecule has 1 amide bonds. The lowest BCUT2D eigenvalue weighted by atomic mass is 10.1. The lowest BCUT2D eigenvalue weighted by molar-refractivity contribution is 0.102. The number of carbonyl (C=O) groups excluding carboxylic acids is 1. The van der Waals surface area contributed by atoms with E-state index in [2.05, 4.69) is 27.1 Å². The molecule has 0 bridgehead atoms. The molecule has 0 aliphatic carbocycles. The molecule has 2 aromatic heterocycles. The van der Waals surface area contributed by atoms with Crippen molar-refractivity contribution in [1.29, 1.82) is 0 Å². The van der Waals surface area contributed by atoms with Crippen LogP contribution in [0, 0.1) is 13.8 Å². The fraction of sp³-hybridized carbons (Fsp3) is 0.381. The Bertz CT molecular complexity index is 1020. The standard InChI is InChI=1S/C21H24N4O3/c1-4-15-7-5-6-8-16(15)24-20(26)17-13(2)28-21-18(17)19(22-14(3)23-21)25-9-11-27-12-10-25/h5-8H,4,9-12H2,1-3H3,(H,24,26). The number of carbonyl (C=O) groups is 1. The molecule has 1 N–H and O–H groups in total. The second-order valence-electron chi connectivity index (χ2n) is 6.87. The van der Waals surface area contributed by atoms with E-state index in [4.69, 9.17) is 9.15 Å². The van der Waals surface area contributed by atoms with Gasteiger partial charge in [0, 0.05) is 18.8 Å². The first-order valence-corrected chi connectivity index (χ1v) is 9.58. The fourth-order valence-electron chi connectivity index (χ4n) is 3.61. The molecule has 7 nitrogen and oxygen atoms in total. The topological polar surface area (TPSA) is 80.5 Å². The van der Waals surface area contributed by atoms with Gasteiger partial charge >= 0.3 is 0 Å². The van der Waals surface area contributed by atoms with E-state index in [9.17, 15) is 4.79 Å². The normalized spacial score (nSPS) is 14.5. The van der Waals surface area contributed by atoms with Crippen molar-refractivity contribution < 1.29 is 13.9 Å². The molecular weight excluding hydrogens is 356 g/mol. The van der Waals surface area contributed by atoms with E-state index >= 15 is 0 Å². The molecule has 28 heavy (non-hydrogen) atoms. The molecule has 0 saturated carbocycles. The summed E-state index contributed by atoms with van der Waals surface area (Å²) >= 11 is 0. The minimum atomic E-state index is -0.209. The van der Waals surface area contributed by atoms with Gasteiger partial charge in [0.05, 0.1) is 24.2 Å². The van der Waals surface area contributed by atoms with Crippen LogP contribution in [0.4, 0.5) is 11.5 Å². The Morgan fingerprint density at radius 2 is 1.93 bits per heavy atom. The molecule has 3 aromatic rings. The minimum Gasteiger partial charge on any atom is -0.442 e. The summed E-state index contributed by atoms with van der Waals surface area (Å²) in [6.07, 6.45) is 0.836. The second kappa shape index (κ2) is 7.59. The van der Waals surface area contributed by atoms with Gasteiger partial charge in [0.1, 0.15) is 17.4 Å². The van der Waals surface area contributed by atoms with Gasteiger partial charge in [-0.2, -0.15) is 4.98 Å². The highest BCUT2D eigenvalue weighted by Crippen LogP contribution is 2.33. The number of rotatable bonds is 4. The van der Waals surface area contributed by atoms with Gasteiger partial charge in [0.25, 0.3) is 5.91 Å². The van der Waals surface area contributed by atoms with Gasteiger partial charge in [-0.05, 0) is 31.9 Å². The van der Waals surface area contributed by atoms with Crippen LogP contribution in [0.2, 0.25) is 0 Å². The molecule has 146 valence electrons. The highest BCUT2D eigenvalue weighted by atomic mass is 16.5. The average molecular weight is 380 g/mol. The van der Waals surface area contributed by atoms with Crippen molar-refractivity contribution in [2.45, 2.75) is 27.2 Å². The highest BCUT2D eigenvalue weighted by molar-refractivity contribution is 6.15. The third kappa shape index (κ3) is 3.33. The van der Waals surface area contributed by atoms with Crippen molar-refractivity contribution in [2.24, 2.45) is 0 Å². The number of hydrogen-bond acceptors (Lipinski definition) is 6. The summed E-state index contributed by atoms with van der Waals surface area (Å²) in [5, 5.41) is 3.71. The molecule has 1 aromatic carbocycles. The van der Waals surface area contributed by atoms with E-state index in [1.165, 1.54) is 0 Å². The lowest BCUT2D eigenvalue weighted by Crippen LogP contribution is -2.37. The van der Waals surface area contributed by atoms with Gasteiger partial charge in [-0.25, -0.2) is 4.98 Å². The predicted molar refractivity (Wildman–Crippen MR) is 108 cm³/mol. The first-order chi connectivity index (χ1) is 13.6. The molecular formula is C21H24N4O3. The molecule has 1 fully saturated rings. The highest BCUT2D eigenvalue weighted by Gasteiger charge is 2.27. The lowest BCUT2D eigenvalue weighted by Gasteiger charge is -2.28. The Labute approximate surface area is 163 Å². The number of aryl methyl sites for hydroxylation is 3. The van der Waals surface area contributed by atoms with Crippen LogP contribution in [0.3, 0.4) is 0 Å². The van der Waals surface area contributed by atoms with Gasteiger partial charge in [-0.3, -0.25) is 4.79 Å². The fourth-order valence-corrected chi connectivity index (χ4v) is 3.61. The second-order valence-corrected chi connectivity index (χ2v) is 6.87. The third-order valence-electron chi connectivity index (χ3n) is 5.00. The van der Waals surface area contributed by atoms with Crippen LogP contribution in [0.5, 0.6) is 0 Å². The molecule has 1 aliphatic rings. The maximum absolute atomic E-state index is 13.2. The monoisotopic (exact) mass is 380 g/mol. The zero-order valence-corrected chi connectivity index (χ0v) is 16.4. The Morgan fingerprint density at radius 3 is 2.68 bits per heavy atom. The summed E-state index contributed by atoms with van der Waals surface area (Å²) in [5.74, 6) is 1.68. The largest absolute Gasteiger partial charge is 0.442 e. The number of hydrogen-bond donors (Lipinski definition) is 1. The molecule has 1 aliphatic heterocycles. The van der Waals surface area contributed by atoms with Crippen LogP contribution < -0.4 is 10.2 Å². The quantitative estimate of drug-likeness (QED) is 0.746. The van der Waals surface area contributed by atoms with Crippen molar-refractivity contribution in [3.8, 4) is 0 Å². The maximum Gasteiger partial charge on any atom is 0.260 e. The number of benzene rings is 1. The summed E-state index contributed by atoms with van der Waals surface area (Å²) in [4.78, 5) is 24.4. The smallest absolute Gasteiger partial charge is 0.260 e. The number of ether oxygens (including phenoxy) is 1. The molecule has 0 unspecified atom stereocenters. The molecule has 0 atom stereocenters. The van der Waals surface area contributed by atoms with Crippen molar-refractivity contribution in [2.75, 3.05) is 36.5 Å². The van der Waals surface area contributed by atoms with Crippen molar-refractivity contribution in [3.63, 3.8) is 0 Å². The zero-order valence-electron chi connectivity index (χ0n) is 16.4. The van der Waals surface area contributed by atoms with Crippen LogP contribution in [-0.2, 0) is 11.2 Å². The molecule has 0 radical (unpaired) electrons. The summed E-state index contributed by atoms with van der Waals surface area (Å²) in [6, 6.07) is 7.82. The van der Waals surface area contributed by atoms with E-state index in [1.54, 1.807) is 6.92 Å². The number of aromatic nitrogens is 2. The average Bonchev–Trinajstić information content (AvgIpc) is 3.04. The van der Waals surface area contributed by atoms with Gasteiger partial charge in [-0.15, -0.1) is 0 Å². The number of amides is 1. The summed E-state index contributed by atoms with van der Waals surface area (Å²) in [7, 11) is 0. The van der Waals surface area contributed by atoms with Crippen molar-refractivity contribution >= 4 is 28.5 Å². The first-order valence-electron chi connectivity index (χ1n) is 9.58. The molecule has 7 heteroatoms. The third-order valence-corrected chi connectivity index (χ3v) is 5.00. The number of morpholine rings is 1. The predicted octanol–water partition coefficient (Wildman–Crippen LogP) is 3.49. The molecule has 1 saturated heterocycles. The van der Waals surface area contributed by atoms with Gasteiger partial charge in [0.15, 0.2) is 0 Å². The Balaban J connectivity index is 1.80. The van der Waals surface area contributed by atoms with Crippen molar-refractivity contribution in [3.05, 3.63) is 47.0 Å². The van der Waals surface area contributed by atoms with Crippen LogP contribution in [0.25, 0.3) is 11.1 Å². The Kier molecular flexibility index (Phi) is 5.00. The van der Waals surface area contributed by atoms with E-state index in [0.29, 0.717) is 41.5 Å². The van der Waals surface area contributed by atoms with Gasteiger partial charge in [-0.1, -0.05) is 25.1 Å². The first kappa shape index (κ1) is 18.4. The van der Waals surface area contributed by atoms with Crippen molar-refractivity contribution in [1.82, 2.24) is 9.97 Å². The summed E-state index contributed by atoms with van der Waals surface area (Å²) < 4.78 is 11.3. The number of nitrogens with one attached hydrogen (secondary N) is 1. The van der Waals surface area contributed by atoms with E-state index < -0.39 is 0 Å². The SMILES string of the molecule is CCc1ccccc1NC(=O)c1c(C)oc2nc(C)nc(N3CCOCC3)c12. The van der Waals surface area contributed by atoms with Gasteiger partial charge in [0.2, 0.25) is 5.71 Å². The van der Waals surface area contributed by atoms with E-state index in [1.807, 2.05) is 31.2 Å². The zero-order chi connectivity index (χ0) is 19.7. The molecule has 3 heterocycles. The summed E-state index contributed by atoms with van der Waals surface area (Å²) in [5.41, 5.74) is 2.83. The van der Waals surface area contributed by atoms with Gasteiger partial charge < -0.3 is 19.4 Å². The number of nitrogens with zero attached hydrogens (tertiary/aromatic N) is 3. The number of fused-ring (bicyclic) bond motifs is 1. The maximum atomic E-state index is 13.2. The van der Waals surface area contributed by atoms with Crippen LogP contribution in [-0.4, -0.2) is 42.2 Å². The Morgan fingerprint density at radius 1 is 1.18 bits per heavy atom. The summed E-state index contributed by atoms with van der Waals surface area (Å²) in [6.45, 7) is 8.39. The van der Waals surface area contributed by atoms with Crippen LogP contribution in [0.1, 0.15) is 34.4 Å². The van der Waals surface area contributed by atoms with Crippen LogP contribution in [0.15, 0.2) is 28.7 Å². The number of furan rings is 1. The number of anilines is 2. The van der Waals surface area contributed by atoms with E-state index in [-0.39, 0.29) is 5.91 Å². The van der Waals surface area contributed by atoms with Crippen LogP contribution >= 0.6 is 0 Å². The molecule has 0 spiro atoms.